The summed E-state index contributed by atoms with van der Waals surface area (Å²) < 4.78 is 0. The van der Waals surface area contributed by atoms with E-state index >= 15 is 0 Å². The molecule has 128 valence electrons. The number of hydrogen-bond donors (Lipinski definition) is 1. The second-order valence-corrected chi connectivity index (χ2v) is 7.54. The van der Waals surface area contributed by atoms with Gasteiger partial charge in [-0.1, -0.05) is 53.0 Å². The minimum Gasteiger partial charge on any atom is -0.376 e. The molecule has 0 bridgehead atoms. The Kier molecular flexibility index (Phi) is 4.14. The first-order chi connectivity index (χ1) is 12.0. The van der Waals surface area contributed by atoms with E-state index in [-0.39, 0.29) is 23.6 Å². The maximum atomic E-state index is 11.2. The topological polar surface area (TPSA) is 55.2 Å². The van der Waals surface area contributed by atoms with Crippen LogP contribution in [0.5, 0.6) is 0 Å². The fraction of sp³-hybridized carbons (Fsp3) is 0.222. The van der Waals surface area contributed by atoms with Gasteiger partial charge < -0.3 is 5.32 Å². The lowest BCUT2D eigenvalue weighted by Gasteiger charge is -2.38. The van der Waals surface area contributed by atoms with Crippen molar-refractivity contribution in [2.24, 2.45) is 5.92 Å². The summed E-state index contributed by atoms with van der Waals surface area (Å²) in [4.78, 5) is 10.8. The molecule has 1 aliphatic heterocycles. The van der Waals surface area contributed by atoms with Crippen molar-refractivity contribution < 1.29 is 4.92 Å². The lowest BCUT2D eigenvalue weighted by Crippen LogP contribution is -2.29. The Balaban J connectivity index is 1.84. The summed E-state index contributed by atoms with van der Waals surface area (Å²) >= 11 is 18.8. The van der Waals surface area contributed by atoms with Gasteiger partial charge in [-0.25, -0.2) is 0 Å². The molecule has 1 N–H and O–H groups in total. The summed E-state index contributed by atoms with van der Waals surface area (Å²) in [5.74, 6) is 0.273. The minimum absolute atomic E-state index is 0.00701. The molecule has 4 nitrogen and oxygen atoms in total. The van der Waals surface area contributed by atoms with E-state index in [1.54, 1.807) is 12.1 Å². The first-order valence-electron chi connectivity index (χ1n) is 7.81. The first-order valence-corrected chi connectivity index (χ1v) is 8.95. The second kappa shape index (κ2) is 6.20. The number of fused-ring (bicyclic) bond motifs is 3. The molecule has 1 aliphatic carbocycles. The Morgan fingerprint density at radius 1 is 1.08 bits per heavy atom. The molecule has 4 rings (SSSR count). The SMILES string of the molecule is O=[N+]([O-])c1cc(Cl)c2c(c1)[C@H]1C=CC[C@@H]1[C@H](c1ccc(Cl)cc1Cl)N2. The molecule has 1 heterocycles. The maximum Gasteiger partial charge on any atom is 0.271 e. The number of allylic oxidation sites excluding steroid dienone is 2. The molecule has 0 spiro atoms. The van der Waals surface area contributed by atoms with Crippen molar-refractivity contribution in [1.29, 1.82) is 0 Å². The lowest BCUT2D eigenvalue weighted by molar-refractivity contribution is -0.384. The third kappa shape index (κ3) is 2.78. The van der Waals surface area contributed by atoms with Crippen molar-refractivity contribution in [1.82, 2.24) is 0 Å². The highest BCUT2D eigenvalue weighted by molar-refractivity contribution is 6.35. The third-order valence-electron chi connectivity index (χ3n) is 4.91. The molecule has 25 heavy (non-hydrogen) atoms. The number of anilines is 1. The number of nitro benzene ring substituents is 1. The Labute approximate surface area is 159 Å². The minimum atomic E-state index is -0.415. The smallest absolute Gasteiger partial charge is 0.271 e. The molecular weight excluding hydrogens is 383 g/mol. The van der Waals surface area contributed by atoms with Crippen LogP contribution in [0.4, 0.5) is 11.4 Å². The van der Waals surface area contributed by atoms with Crippen molar-refractivity contribution in [2.75, 3.05) is 5.32 Å². The van der Waals surface area contributed by atoms with Gasteiger partial charge in [0.1, 0.15) is 0 Å². The monoisotopic (exact) mass is 394 g/mol. The predicted octanol–water partition coefficient (Wildman–Crippen LogP) is 6.38. The van der Waals surface area contributed by atoms with Gasteiger partial charge in [0.15, 0.2) is 0 Å². The van der Waals surface area contributed by atoms with Crippen LogP contribution >= 0.6 is 34.8 Å². The summed E-state index contributed by atoms with van der Waals surface area (Å²) in [6, 6.07) is 8.41. The number of nitrogens with zero attached hydrogens (tertiary/aromatic N) is 1. The van der Waals surface area contributed by atoms with E-state index in [0.29, 0.717) is 15.1 Å². The van der Waals surface area contributed by atoms with E-state index in [2.05, 4.69) is 17.5 Å². The van der Waals surface area contributed by atoms with Gasteiger partial charge in [-0.3, -0.25) is 10.1 Å². The summed E-state index contributed by atoms with van der Waals surface area (Å²) in [6.45, 7) is 0. The number of nitrogens with one attached hydrogen (secondary N) is 1. The maximum absolute atomic E-state index is 11.2. The number of non-ortho nitro benzene ring substituents is 1. The molecule has 2 aromatic carbocycles. The fourth-order valence-corrected chi connectivity index (χ4v) is 4.61. The number of hydrogen-bond acceptors (Lipinski definition) is 3. The fourth-order valence-electron chi connectivity index (χ4n) is 3.81. The van der Waals surface area contributed by atoms with Crippen LogP contribution in [0.15, 0.2) is 42.5 Å². The van der Waals surface area contributed by atoms with Gasteiger partial charge in [0.25, 0.3) is 5.69 Å². The summed E-state index contributed by atoms with van der Waals surface area (Å²) in [7, 11) is 0. The van der Waals surface area contributed by atoms with Crippen LogP contribution in [-0.2, 0) is 0 Å². The Morgan fingerprint density at radius 2 is 1.88 bits per heavy atom. The van der Waals surface area contributed by atoms with E-state index in [1.165, 1.54) is 6.07 Å². The largest absolute Gasteiger partial charge is 0.376 e. The quantitative estimate of drug-likeness (QED) is 0.364. The summed E-state index contributed by atoms with van der Waals surface area (Å²) in [5.41, 5.74) is 2.55. The molecule has 0 saturated heterocycles. The lowest BCUT2D eigenvalue weighted by atomic mass is 9.77. The molecule has 0 amide bonds. The number of nitro groups is 1. The molecule has 2 aliphatic rings. The third-order valence-corrected chi connectivity index (χ3v) is 5.77. The van der Waals surface area contributed by atoms with Crippen LogP contribution in [0, 0.1) is 16.0 Å². The van der Waals surface area contributed by atoms with Crippen LogP contribution < -0.4 is 5.32 Å². The van der Waals surface area contributed by atoms with E-state index in [0.717, 1.165) is 23.2 Å². The van der Waals surface area contributed by atoms with Crippen LogP contribution in [0.25, 0.3) is 0 Å². The number of halogens is 3. The van der Waals surface area contributed by atoms with Crippen LogP contribution in [0.2, 0.25) is 15.1 Å². The summed E-state index contributed by atoms with van der Waals surface area (Å²) in [5, 5.41) is 16.2. The van der Waals surface area contributed by atoms with Crippen molar-refractivity contribution in [3.63, 3.8) is 0 Å². The van der Waals surface area contributed by atoms with E-state index in [1.807, 2.05) is 12.1 Å². The van der Waals surface area contributed by atoms with Gasteiger partial charge in [-0.2, -0.15) is 0 Å². The van der Waals surface area contributed by atoms with E-state index < -0.39 is 4.92 Å². The zero-order valence-corrected chi connectivity index (χ0v) is 15.1. The van der Waals surface area contributed by atoms with Crippen LogP contribution in [0.3, 0.4) is 0 Å². The number of rotatable bonds is 2. The van der Waals surface area contributed by atoms with Crippen LogP contribution in [-0.4, -0.2) is 4.92 Å². The molecule has 7 heteroatoms. The predicted molar refractivity (Wildman–Crippen MR) is 101 cm³/mol. The molecule has 0 unspecified atom stereocenters. The van der Waals surface area contributed by atoms with Gasteiger partial charge in [-0.05, 0) is 35.6 Å². The Hall–Kier alpha value is -1.75. The zero-order valence-electron chi connectivity index (χ0n) is 12.9. The van der Waals surface area contributed by atoms with Gasteiger partial charge in [0.05, 0.1) is 21.7 Å². The van der Waals surface area contributed by atoms with Crippen LogP contribution in [0.1, 0.15) is 29.5 Å². The van der Waals surface area contributed by atoms with Gasteiger partial charge in [0.2, 0.25) is 0 Å². The molecule has 0 aromatic heterocycles. The normalized spacial score (nSPS) is 23.7. The summed E-state index contributed by atoms with van der Waals surface area (Å²) in [6.07, 6.45) is 5.07. The van der Waals surface area contributed by atoms with Crippen molar-refractivity contribution in [3.05, 3.63) is 78.8 Å². The Morgan fingerprint density at radius 3 is 2.60 bits per heavy atom. The average molecular weight is 396 g/mol. The molecular formula is C18H13Cl3N2O2. The van der Waals surface area contributed by atoms with E-state index in [4.69, 9.17) is 34.8 Å². The molecule has 0 saturated carbocycles. The van der Waals surface area contributed by atoms with Gasteiger partial charge in [0, 0.05) is 28.1 Å². The van der Waals surface area contributed by atoms with Gasteiger partial charge >= 0.3 is 0 Å². The van der Waals surface area contributed by atoms with Gasteiger partial charge in [-0.15, -0.1) is 0 Å². The van der Waals surface area contributed by atoms with Crippen molar-refractivity contribution in [3.8, 4) is 0 Å². The molecule has 3 atom stereocenters. The van der Waals surface area contributed by atoms with Crippen molar-refractivity contribution >= 4 is 46.2 Å². The first kappa shape index (κ1) is 16.7. The molecule has 0 radical (unpaired) electrons. The highest BCUT2D eigenvalue weighted by Gasteiger charge is 2.40. The molecule has 0 fully saturated rings. The highest BCUT2D eigenvalue weighted by atomic mass is 35.5. The second-order valence-electron chi connectivity index (χ2n) is 6.29. The standard InChI is InChI=1S/C18H13Cl3N2O2/c19-9-4-5-13(15(20)6-9)17-12-3-1-2-11(12)14-7-10(23(24)25)8-16(21)18(14)22-17/h1-2,4-8,11-12,17,22H,3H2/t11-,12-,17+/m0/s1. The average Bonchev–Trinajstić information content (AvgIpc) is 3.04. The number of benzene rings is 2. The van der Waals surface area contributed by atoms with Crippen molar-refractivity contribution in [2.45, 2.75) is 18.4 Å². The zero-order chi connectivity index (χ0) is 17.7. The molecule has 2 aromatic rings. The Bertz CT molecular complexity index is 913. The van der Waals surface area contributed by atoms with E-state index in [9.17, 15) is 10.1 Å². The highest BCUT2D eigenvalue weighted by Crippen LogP contribution is 2.53.